The third kappa shape index (κ3) is 1.95. The van der Waals surface area contributed by atoms with E-state index >= 15 is 0 Å². The van der Waals surface area contributed by atoms with Crippen molar-refractivity contribution in [3.8, 4) is 0 Å². The zero-order chi connectivity index (χ0) is 11.6. The van der Waals surface area contributed by atoms with Gasteiger partial charge in [-0.1, -0.05) is 25.1 Å². The van der Waals surface area contributed by atoms with Crippen LogP contribution in [0.1, 0.15) is 25.3 Å². The Bertz CT molecular complexity index is 397. The van der Waals surface area contributed by atoms with Gasteiger partial charge >= 0.3 is 0 Å². The Morgan fingerprint density at radius 2 is 2.12 bits per heavy atom. The Labute approximate surface area is 96.0 Å². The maximum Gasteiger partial charge on any atom is 0.231 e. The fourth-order valence-electron chi connectivity index (χ4n) is 1.88. The summed E-state index contributed by atoms with van der Waals surface area (Å²) in [5, 5.41) is 3.00. The predicted octanol–water partition coefficient (Wildman–Crippen LogP) is 1.93. The van der Waals surface area contributed by atoms with Crippen LogP contribution in [0.25, 0.3) is 0 Å². The van der Waals surface area contributed by atoms with Crippen molar-refractivity contribution < 1.29 is 4.79 Å². The van der Waals surface area contributed by atoms with Gasteiger partial charge in [0.2, 0.25) is 5.91 Å². The lowest BCUT2D eigenvalue weighted by Gasteiger charge is -2.14. The number of carbonyl (C=O) groups excluding carboxylic acids is 1. The first-order chi connectivity index (χ1) is 7.72. The lowest BCUT2D eigenvalue weighted by molar-refractivity contribution is -0.120. The molecular formula is C13H18N2O. The molecule has 0 saturated heterocycles. The molecule has 0 aromatic heterocycles. The van der Waals surface area contributed by atoms with Crippen LogP contribution in [0.2, 0.25) is 0 Å². The second kappa shape index (κ2) is 4.26. The van der Waals surface area contributed by atoms with Gasteiger partial charge in [-0.25, -0.2) is 0 Å². The standard InChI is InChI=1S/C13H18N2O/c1-2-10-5-3-4-6-11(10)15-12(16)13(9-14)7-8-13/h3-6H,2,7-9,14H2,1H3,(H,15,16). The number of anilines is 1. The molecule has 3 nitrogen and oxygen atoms in total. The zero-order valence-corrected chi connectivity index (χ0v) is 9.62. The quantitative estimate of drug-likeness (QED) is 0.811. The first-order valence-corrected chi connectivity index (χ1v) is 5.81. The highest BCUT2D eigenvalue weighted by atomic mass is 16.2. The van der Waals surface area contributed by atoms with E-state index in [1.165, 1.54) is 5.56 Å². The molecule has 0 atom stereocenters. The van der Waals surface area contributed by atoms with Crippen LogP contribution in [-0.4, -0.2) is 12.5 Å². The van der Waals surface area contributed by atoms with E-state index < -0.39 is 0 Å². The average Bonchev–Trinajstić information content (AvgIpc) is 3.10. The summed E-state index contributed by atoms with van der Waals surface area (Å²) in [6.07, 6.45) is 2.76. The Morgan fingerprint density at radius 3 is 2.69 bits per heavy atom. The van der Waals surface area contributed by atoms with Gasteiger partial charge in [0.1, 0.15) is 0 Å². The summed E-state index contributed by atoms with van der Waals surface area (Å²) in [4.78, 5) is 12.0. The largest absolute Gasteiger partial charge is 0.329 e. The van der Waals surface area contributed by atoms with Crippen LogP contribution in [0.5, 0.6) is 0 Å². The normalized spacial score (nSPS) is 16.9. The number of aryl methyl sites for hydroxylation is 1. The molecule has 1 saturated carbocycles. The van der Waals surface area contributed by atoms with Gasteiger partial charge in [-0.2, -0.15) is 0 Å². The zero-order valence-electron chi connectivity index (χ0n) is 9.62. The van der Waals surface area contributed by atoms with Crippen molar-refractivity contribution >= 4 is 11.6 Å². The van der Waals surface area contributed by atoms with Crippen molar-refractivity contribution in [2.24, 2.45) is 11.1 Å². The number of para-hydroxylation sites is 1. The van der Waals surface area contributed by atoms with Crippen molar-refractivity contribution in [2.45, 2.75) is 26.2 Å². The molecule has 0 spiro atoms. The van der Waals surface area contributed by atoms with E-state index in [1.54, 1.807) is 0 Å². The first kappa shape index (κ1) is 11.1. The fourth-order valence-corrected chi connectivity index (χ4v) is 1.88. The van der Waals surface area contributed by atoms with Crippen LogP contribution >= 0.6 is 0 Å². The molecule has 86 valence electrons. The summed E-state index contributed by atoms with van der Waals surface area (Å²) in [5.41, 5.74) is 7.45. The molecule has 1 fully saturated rings. The molecular weight excluding hydrogens is 200 g/mol. The Hall–Kier alpha value is -1.35. The first-order valence-electron chi connectivity index (χ1n) is 5.81. The van der Waals surface area contributed by atoms with Crippen molar-refractivity contribution in [3.63, 3.8) is 0 Å². The summed E-state index contributed by atoms with van der Waals surface area (Å²) in [7, 11) is 0. The molecule has 0 radical (unpaired) electrons. The van der Waals surface area contributed by atoms with E-state index in [2.05, 4.69) is 12.2 Å². The van der Waals surface area contributed by atoms with Gasteiger partial charge in [-0.05, 0) is 30.9 Å². The molecule has 1 aliphatic carbocycles. The summed E-state index contributed by atoms with van der Waals surface area (Å²) in [5.74, 6) is 0.0795. The van der Waals surface area contributed by atoms with E-state index in [-0.39, 0.29) is 11.3 Å². The molecule has 0 aliphatic heterocycles. The van der Waals surface area contributed by atoms with E-state index in [0.29, 0.717) is 6.54 Å². The lowest BCUT2D eigenvalue weighted by atomic mass is 10.1. The maximum atomic E-state index is 12.0. The lowest BCUT2D eigenvalue weighted by Crippen LogP contribution is -2.31. The van der Waals surface area contributed by atoms with E-state index in [1.807, 2.05) is 24.3 Å². The highest BCUT2D eigenvalue weighted by Gasteiger charge is 2.48. The minimum absolute atomic E-state index is 0.0795. The van der Waals surface area contributed by atoms with Crippen molar-refractivity contribution in [3.05, 3.63) is 29.8 Å². The van der Waals surface area contributed by atoms with Gasteiger partial charge in [0, 0.05) is 12.2 Å². The molecule has 16 heavy (non-hydrogen) atoms. The van der Waals surface area contributed by atoms with Crippen LogP contribution < -0.4 is 11.1 Å². The Balaban J connectivity index is 2.12. The molecule has 3 N–H and O–H groups in total. The summed E-state index contributed by atoms with van der Waals surface area (Å²) < 4.78 is 0. The monoisotopic (exact) mass is 218 g/mol. The highest BCUT2D eigenvalue weighted by Crippen LogP contribution is 2.45. The van der Waals surface area contributed by atoms with Crippen molar-refractivity contribution in [2.75, 3.05) is 11.9 Å². The SMILES string of the molecule is CCc1ccccc1NC(=O)C1(CN)CC1. The molecule has 1 aliphatic rings. The summed E-state index contributed by atoms with van der Waals surface area (Å²) in [6.45, 7) is 2.54. The number of rotatable bonds is 4. The van der Waals surface area contributed by atoms with Gasteiger partial charge in [-0.3, -0.25) is 4.79 Å². The second-order valence-electron chi connectivity index (χ2n) is 4.45. The number of nitrogens with one attached hydrogen (secondary N) is 1. The molecule has 0 bridgehead atoms. The van der Waals surface area contributed by atoms with Crippen LogP contribution in [0.3, 0.4) is 0 Å². The average molecular weight is 218 g/mol. The minimum Gasteiger partial charge on any atom is -0.329 e. The Kier molecular flexibility index (Phi) is 2.97. The van der Waals surface area contributed by atoms with Gasteiger partial charge in [0.25, 0.3) is 0 Å². The predicted molar refractivity (Wildman–Crippen MR) is 65.2 cm³/mol. The number of carbonyl (C=O) groups is 1. The molecule has 1 amide bonds. The molecule has 0 heterocycles. The fraction of sp³-hybridized carbons (Fsp3) is 0.462. The topological polar surface area (TPSA) is 55.1 Å². The third-order valence-electron chi connectivity index (χ3n) is 3.37. The van der Waals surface area contributed by atoms with E-state index in [9.17, 15) is 4.79 Å². The molecule has 3 heteroatoms. The minimum atomic E-state index is -0.277. The molecule has 1 aromatic rings. The van der Waals surface area contributed by atoms with Crippen LogP contribution in [0, 0.1) is 5.41 Å². The van der Waals surface area contributed by atoms with Crippen molar-refractivity contribution in [1.82, 2.24) is 0 Å². The summed E-state index contributed by atoms with van der Waals surface area (Å²) in [6, 6.07) is 7.92. The van der Waals surface area contributed by atoms with Gasteiger partial charge < -0.3 is 11.1 Å². The van der Waals surface area contributed by atoms with E-state index in [0.717, 1.165) is 24.9 Å². The molecule has 1 aromatic carbocycles. The number of amides is 1. The third-order valence-corrected chi connectivity index (χ3v) is 3.37. The van der Waals surface area contributed by atoms with Crippen LogP contribution in [0.15, 0.2) is 24.3 Å². The van der Waals surface area contributed by atoms with Crippen molar-refractivity contribution in [1.29, 1.82) is 0 Å². The van der Waals surface area contributed by atoms with Crippen LogP contribution in [-0.2, 0) is 11.2 Å². The number of hydrogen-bond donors (Lipinski definition) is 2. The number of nitrogens with two attached hydrogens (primary N) is 1. The number of benzene rings is 1. The van der Waals surface area contributed by atoms with Gasteiger partial charge in [0.05, 0.1) is 5.41 Å². The van der Waals surface area contributed by atoms with Gasteiger partial charge in [0.15, 0.2) is 0 Å². The van der Waals surface area contributed by atoms with Gasteiger partial charge in [-0.15, -0.1) is 0 Å². The Morgan fingerprint density at radius 1 is 1.44 bits per heavy atom. The van der Waals surface area contributed by atoms with Crippen LogP contribution in [0.4, 0.5) is 5.69 Å². The number of hydrogen-bond acceptors (Lipinski definition) is 2. The summed E-state index contributed by atoms with van der Waals surface area (Å²) >= 11 is 0. The highest BCUT2D eigenvalue weighted by molar-refractivity contribution is 5.97. The smallest absolute Gasteiger partial charge is 0.231 e. The second-order valence-corrected chi connectivity index (χ2v) is 4.45. The van der Waals surface area contributed by atoms with E-state index in [4.69, 9.17) is 5.73 Å². The molecule has 0 unspecified atom stereocenters. The molecule has 2 rings (SSSR count). The maximum absolute atomic E-state index is 12.0.